The van der Waals surface area contributed by atoms with Crippen LogP contribution in [0.2, 0.25) is 0 Å². The van der Waals surface area contributed by atoms with Crippen LogP contribution in [0.3, 0.4) is 0 Å². The fraction of sp³-hybridized carbons (Fsp3) is 0.643. The van der Waals surface area contributed by atoms with Crippen LogP contribution in [0.5, 0.6) is 5.75 Å². The highest BCUT2D eigenvalue weighted by molar-refractivity contribution is 5.56. The Kier molecular flexibility index (Phi) is 4.42. The van der Waals surface area contributed by atoms with Gasteiger partial charge in [0.2, 0.25) is 0 Å². The van der Waals surface area contributed by atoms with Gasteiger partial charge < -0.3 is 15.8 Å². The van der Waals surface area contributed by atoms with Crippen molar-refractivity contribution in [3.05, 3.63) is 18.0 Å². The molecular weight excluding hydrogens is 226 g/mol. The predicted molar refractivity (Wildman–Crippen MR) is 73.9 cm³/mol. The van der Waals surface area contributed by atoms with Crippen LogP contribution in [-0.4, -0.2) is 24.7 Å². The van der Waals surface area contributed by atoms with Crippen molar-refractivity contribution in [1.29, 1.82) is 0 Å². The third kappa shape index (κ3) is 2.93. The Hall–Kier alpha value is -1.29. The average molecular weight is 249 g/mol. The molecule has 4 heteroatoms. The first-order valence-corrected chi connectivity index (χ1v) is 6.72. The van der Waals surface area contributed by atoms with Crippen LogP contribution < -0.4 is 15.8 Å². The van der Waals surface area contributed by atoms with Crippen molar-refractivity contribution in [3.63, 3.8) is 0 Å². The van der Waals surface area contributed by atoms with Crippen molar-refractivity contribution in [1.82, 2.24) is 4.98 Å². The fourth-order valence-electron chi connectivity index (χ4n) is 2.70. The number of anilines is 1. The molecule has 1 aromatic rings. The molecule has 1 aliphatic carbocycles. The van der Waals surface area contributed by atoms with Gasteiger partial charge in [-0.2, -0.15) is 0 Å². The maximum absolute atomic E-state index is 5.86. The minimum Gasteiger partial charge on any atom is -0.493 e. The summed E-state index contributed by atoms with van der Waals surface area (Å²) in [5.41, 5.74) is 7.90. The summed E-state index contributed by atoms with van der Waals surface area (Å²) in [6.07, 6.45) is 6.76. The SMILES string of the molecule is COc1cnc(C)cc1NC1CCCCC1CN. The Morgan fingerprint density at radius 3 is 2.94 bits per heavy atom. The third-order valence-corrected chi connectivity index (χ3v) is 3.78. The molecule has 0 amide bonds. The molecule has 1 aromatic heterocycles. The van der Waals surface area contributed by atoms with E-state index in [9.17, 15) is 0 Å². The summed E-state index contributed by atoms with van der Waals surface area (Å²) in [7, 11) is 1.68. The zero-order chi connectivity index (χ0) is 13.0. The summed E-state index contributed by atoms with van der Waals surface area (Å²) in [6.45, 7) is 2.75. The van der Waals surface area contributed by atoms with Gasteiger partial charge in [0.15, 0.2) is 5.75 Å². The summed E-state index contributed by atoms with van der Waals surface area (Å²) in [4.78, 5) is 4.25. The molecule has 2 unspecified atom stereocenters. The number of aryl methyl sites for hydroxylation is 1. The second-order valence-electron chi connectivity index (χ2n) is 5.06. The van der Waals surface area contributed by atoms with Crippen molar-refractivity contribution in [2.24, 2.45) is 11.7 Å². The second kappa shape index (κ2) is 6.05. The predicted octanol–water partition coefficient (Wildman–Crippen LogP) is 2.33. The minimum atomic E-state index is 0.458. The maximum atomic E-state index is 5.86. The van der Waals surface area contributed by atoms with Gasteiger partial charge in [0.25, 0.3) is 0 Å². The van der Waals surface area contributed by atoms with Gasteiger partial charge in [-0.25, -0.2) is 0 Å². The number of nitrogens with one attached hydrogen (secondary N) is 1. The number of rotatable bonds is 4. The zero-order valence-electron chi connectivity index (χ0n) is 11.3. The Bertz CT molecular complexity index is 395. The molecule has 2 rings (SSSR count). The topological polar surface area (TPSA) is 60.2 Å². The van der Waals surface area contributed by atoms with Gasteiger partial charge in [-0.1, -0.05) is 12.8 Å². The lowest BCUT2D eigenvalue weighted by Gasteiger charge is -2.32. The molecular formula is C14H23N3O. The number of pyridine rings is 1. The number of nitrogens with zero attached hydrogens (tertiary/aromatic N) is 1. The number of hydrogen-bond acceptors (Lipinski definition) is 4. The van der Waals surface area contributed by atoms with E-state index in [0.717, 1.165) is 23.7 Å². The molecule has 1 fully saturated rings. The smallest absolute Gasteiger partial charge is 0.160 e. The minimum absolute atomic E-state index is 0.458. The average Bonchev–Trinajstić information content (AvgIpc) is 2.40. The lowest BCUT2D eigenvalue weighted by atomic mass is 9.84. The van der Waals surface area contributed by atoms with E-state index < -0.39 is 0 Å². The standard InChI is InChI=1S/C14H23N3O/c1-10-7-13(14(18-2)9-16-10)17-12-6-4-3-5-11(12)8-15/h7,9,11-12H,3-6,8,15H2,1-2H3,(H,16,17). The van der Waals surface area contributed by atoms with E-state index in [2.05, 4.69) is 10.3 Å². The van der Waals surface area contributed by atoms with Crippen LogP contribution in [0.4, 0.5) is 5.69 Å². The van der Waals surface area contributed by atoms with Crippen molar-refractivity contribution in [3.8, 4) is 5.75 Å². The molecule has 0 aromatic carbocycles. The van der Waals surface area contributed by atoms with E-state index in [1.54, 1.807) is 13.3 Å². The number of methoxy groups -OCH3 is 1. The van der Waals surface area contributed by atoms with Crippen LogP contribution in [-0.2, 0) is 0 Å². The molecule has 3 N–H and O–H groups in total. The molecule has 0 radical (unpaired) electrons. The van der Waals surface area contributed by atoms with E-state index in [0.29, 0.717) is 12.0 Å². The quantitative estimate of drug-likeness (QED) is 0.859. The molecule has 100 valence electrons. The van der Waals surface area contributed by atoms with E-state index in [4.69, 9.17) is 10.5 Å². The molecule has 2 atom stereocenters. The van der Waals surface area contributed by atoms with Gasteiger partial charge in [-0.3, -0.25) is 4.98 Å². The molecule has 4 nitrogen and oxygen atoms in total. The number of hydrogen-bond donors (Lipinski definition) is 2. The van der Waals surface area contributed by atoms with E-state index in [1.807, 2.05) is 13.0 Å². The molecule has 0 aliphatic heterocycles. The molecule has 1 heterocycles. The Morgan fingerprint density at radius 1 is 1.44 bits per heavy atom. The van der Waals surface area contributed by atoms with Crippen LogP contribution >= 0.6 is 0 Å². The van der Waals surface area contributed by atoms with Crippen LogP contribution in [0.25, 0.3) is 0 Å². The summed E-state index contributed by atoms with van der Waals surface area (Å²) in [6, 6.07) is 2.50. The first-order valence-electron chi connectivity index (χ1n) is 6.72. The monoisotopic (exact) mass is 249 g/mol. The van der Waals surface area contributed by atoms with Crippen LogP contribution in [0.1, 0.15) is 31.4 Å². The lowest BCUT2D eigenvalue weighted by molar-refractivity contribution is 0.331. The number of aromatic nitrogens is 1. The zero-order valence-corrected chi connectivity index (χ0v) is 11.3. The highest BCUT2D eigenvalue weighted by Crippen LogP contribution is 2.30. The normalized spacial score (nSPS) is 23.7. The van der Waals surface area contributed by atoms with Gasteiger partial charge in [0, 0.05) is 11.7 Å². The Morgan fingerprint density at radius 2 is 2.22 bits per heavy atom. The van der Waals surface area contributed by atoms with Gasteiger partial charge in [-0.15, -0.1) is 0 Å². The summed E-state index contributed by atoms with van der Waals surface area (Å²) in [5, 5.41) is 3.60. The number of ether oxygens (including phenoxy) is 1. The molecule has 1 saturated carbocycles. The van der Waals surface area contributed by atoms with Gasteiger partial charge in [0.05, 0.1) is 19.0 Å². The first kappa shape index (κ1) is 13.1. The van der Waals surface area contributed by atoms with Crippen molar-refractivity contribution < 1.29 is 4.74 Å². The van der Waals surface area contributed by atoms with E-state index in [-0.39, 0.29) is 0 Å². The van der Waals surface area contributed by atoms with Crippen molar-refractivity contribution in [2.45, 2.75) is 38.6 Å². The Labute approximate surface area is 109 Å². The van der Waals surface area contributed by atoms with Gasteiger partial charge in [-0.05, 0) is 38.3 Å². The van der Waals surface area contributed by atoms with Gasteiger partial charge >= 0.3 is 0 Å². The maximum Gasteiger partial charge on any atom is 0.160 e. The highest BCUT2D eigenvalue weighted by atomic mass is 16.5. The fourth-order valence-corrected chi connectivity index (χ4v) is 2.70. The molecule has 0 saturated heterocycles. The number of nitrogens with two attached hydrogens (primary N) is 1. The summed E-state index contributed by atoms with van der Waals surface area (Å²) < 4.78 is 5.35. The molecule has 18 heavy (non-hydrogen) atoms. The Balaban J connectivity index is 2.14. The largest absolute Gasteiger partial charge is 0.493 e. The third-order valence-electron chi connectivity index (χ3n) is 3.78. The highest BCUT2D eigenvalue weighted by Gasteiger charge is 2.24. The lowest BCUT2D eigenvalue weighted by Crippen LogP contribution is -2.36. The second-order valence-corrected chi connectivity index (χ2v) is 5.06. The van der Waals surface area contributed by atoms with Crippen molar-refractivity contribution in [2.75, 3.05) is 19.0 Å². The molecule has 1 aliphatic rings. The van der Waals surface area contributed by atoms with Crippen molar-refractivity contribution >= 4 is 5.69 Å². The van der Waals surface area contributed by atoms with E-state index >= 15 is 0 Å². The molecule has 0 bridgehead atoms. The van der Waals surface area contributed by atoms with E-state index in [1.165, 1.54) is 25.7 Å². The van der Waals surface area contributed by atoms with Crippen LogP contribution in [0.15, 0.2) is 12.3 Å². The summed E-state index contributed by atoms with van der Waals surface area (Å²) >= 11 is 0. The van der Waals surface area contributed by atoms with Gasteiger partial charge in [0.1, 0.15) is 0 Å². The first-order chi connectivity index (χ1) is 8.74. The van der Waals surface area contributed by atoms with Crippen LogP contribution in [0, 0.1) is 12.8 Å². The molecule has 0 spiro atoms. The summed E-state index contributed by atoms with van der Waals surface area (Å²) in [5.74, 6) is 1.37.